The summed E-state index contributed by atoms with van der Waals surface area (Å²) in [7, 11) is 0. The van der Waals surface area contributed by atoms with Crippen molar-refractivity contribution < 1.29 is 5.11 Å². The van der Waals surface area contributed by atoms with Crippen molar-refractivity contribution in [1.82, 2.24) is 14.5 Å². The smallest absolute Gasteiger partial charge is 0.145 e. The third kappa shape index (κ3) is 1.94. The maximum absolute atomic E-state index is 9.49. The lowest BCUT2D eigenvalue weighted by atomic mass is 10.0. The van der Waals surface area contributed by atoms with E-state index in [0.29, 0.717) is 0 Å². The highest BCUT2D eigenvalue weighted by atomic mass is 16.3. The molecule has 4 heteroatoms. The summed E-state index contributed by atoms with van der Waals surface area (Å²) < 4.78 is 2.12. The van der Waals surface area contributed by atoms with Crippen molar-refractivity contribution in [1.29, 1.82) is 0 Å². The van der Waals surface area contributed by atoms with Crippen molar-refractivity contribution in [3.8, 4) is 5.82 Å². The van der Waals surface area contributed by atoms with Gasteiger partial charge in [-0.3, -0.25) is 4.57 Å². The van der Waals surface area contributed by atoms with E-state index in [1.807, 2.05) is 24.5 Å². The molecule has 0 aliphatic heterocycles. The van der Waals surface area contributed by atoms with Crippen LogP contribution in [-0.4, -0.2) is 19.6 Å². The molecular weight excluding hydrogens is 262 g/mol. The van der Waals surface area contributed by atoms with Gasteiger partial charge in [-0.2, -0.15) is 0 Å². The number of aryl methyl sites for hydroxylation is 1. The first-order valence-electron chi connectivity index (χ1n) is 7.41. The van der Waals surface area contributed by atoms with Crippen LogP contribution >= 0.6 is 0 Å². The van der Waals surface area contributed by atoms with Crippen molar-refractivity contribution >= 4 is 10.8 Å². The number of aliphatic hydroxyl groups excluding tert-OH is 1. The summed E-state index contributed by atoms with van der Waals surface area (Å²) >= 11 is 0. The zero-order valence-electron chi connectivity index (χ0n) is 11.8. The van der Waals surface area contributed by atoms with Gasteiger partial charge >= 0.3 is 0 Å². The van der Waals surface area contributed by atoms with Gasteiger partial charge in [0.25, 0.3) is 0 Å². The maximum Gasteiger partial charge on any atom is 0.145 e. The largest absolute Gasteiger partial charge is 0.392 e. The SMILES string of the molecule is OCc1cnc(-n2cnc3c2CCCC3)c2ccccc12. The van der Waals surface area contributed by atoms with Crippen molar-refractivity contribution in [3.63, 3.8) is 0 Å². The van der Waals surface area contributed by atoms with Gasteiger partial charge in [-0.1, -0.05) is 24.3 Å². The van der Waals surface area contributed by atoms with Crippen LogP contribution in [0.3, 0.4) is 0 Å². The lowest BCUT2D eigenvalue weighted by Gasteiger charge is -2.15. The summed E-state index contributed by atoms with van der Waals surface area (Å²) in [4.78, 5) is 9.15. The second-order valence-corrected chi connectivity index (χ2v) is 5.53. The number of hydrogen-bond donors (Lipinski definition) is 1. The zero-order chi connectivity index (χ0) is 14.2. The van der Waals surface area contributed by atoms with Gasteiger partial charge in [0.05, 0.1) is 12.3 Å². The summed E-state index contributed by atoms with van der Waals surface area (Å²) in [5.74, 6) is 0.915. The van der Waals surface area contributed by atoms with E-state index in [0.717, 1.165) is 35.0 Å². The number of fused-ring (bicyclic) bond motifs is 2. The molecule has 106 valence electrons. The minimum atomic E-state index is 0.00975. The molecule has 0 bridgehead atoms. The van der Waals surface area contributed by atoms with Gasteiger partial charge in [-0.25, -0.2) is 9.97 Å². The minimum absolute atomic E-state index is 0.00975. The molecule has 1 N–H and O–H groups in total. The Labute approximate surface area is 123 Å². The molecule has 1 aliphatic rings. The molecule has 0 saturated carbocycles. The first-order chi connectivity index (χ1) is 10.4. The topological polar surface area (TPSA) is 50.9 Å². The van der Waals surface area contributed by atoms with Crippen LogP contribution in [0.2, 0.25) is 0 Å². The van der Waals surface area contributed by atoms with E-state index in [9.17, 15) is 5.11 Å². The monoisotopic (exact) mass is 279 g/mol. The zero-order valence-corrected chi connectivity index (χ0v) is 11.8. The second-order valence-electron chi connectivity index (χ2n) is 5.53. The normalized spacial score (nSPS) is 14.3. The Kier molecular flexibility index (Phi) is 2.97. The number of aromatic nitrogens is 3. The van der Waals surface area contributed by atoms with E-state index < -0.39 is 0 Å². The van der Waals surface area contributed by atoms with Crippen LogP contribution in [0, 0.1) is 0 Å². The molecule has 0 radical (unpaired) electrons. The Morgan fingerprint density at radius 3 is 2.71 bits per heavy atom. The maximum atomic E-state index is 9.49. The Balaban J connectivity index is 1.97. The number of benzene rings is 1. The predicted molar refractivity (Wildman–Crippen MR) is 81.4 cm³/mol. The molecular formula is C17H17N3O. The molecule has 0 fully saturated rings. The van der Waals surface area contributed by atoms with Gasteiger partial charge in [-0.05, 0) is 31.1 Å². The third-order valence-corrected chi connectivity index (χ3v) is 4.29. The number of aliphatic hydroxyl groups is 1. The third-order valence-electron chi connectivity index (χ3n) is 4.29. The standard InChI is InChI=1S/C17H17N3O/c21-10-12-9-18-17(14-6-2-1-5-13(12)14)20-11-19-15-7-3-4-8-16(15)20/h1-2,5-6,9,11,21H,3-4,7-8,10H2. The first kappa shape index (κ1) is 12.5. The van der Waals surface area contributed by atoms with Crippen molar-refractivity contribution in [3.05, 3.63) is 53.7 Å². The van der Waals surface area contributed by atoms with Crippen LogP contribution in [0.15, 0.2) is 36.8 Å². The van der Waals surface area contributed by atoms with Crippen molar-refractivity contribution in [2.45, 2.75) is 32.3 Å². The Morgan fingerprint density at radius 2 is 1.86 bits per heavy atom. The number of nitrogens with zero attached hydrogens (tertiary/aromatic N) is 3. The van der Waals surface area contributed by atoms with Gasteiger partial charge in [0, 0.05) is 22.8 Å². The van der Waals surface area contributed by atoms with E-state index in [1.165, 1.54) is 24.2 Å². The molecule has 4 rings (SSSR count). The van der Waals surface area contributed by atoms with E-state index in [2.05, 4.69) is 20.6 Å². The molecule has 0 unspecified atom stereocenters. The Morgan fingerprint density at radius 1 is 1.05 bits per heavy atom. The lowest BCUT2D eigenvalue weighted by Crippen LogP contribution is -2.08. The minimum Gasteiger partial charge on any atom is -0.392 e. The molecule has 0 amide bonds. The Hall–Kier alpha value is -2.20. The highest BCUT2D eigenvalue weighted by molar-refractivity contribution is 5.91. The summed E-state index contributed by atoms with van der Waals surface area (Å²) in [6.07, 6.45) is 8.23. The molecule has 1 aromatic carbocycles. The number of pyridine rings is 1. The van der Waals surface area contributed by atoms with Crippen LogP contribution < -0.4 is 0 Å². The molecule has 0 saturated heterocycles. The molecule has 1 aliphatic carbocycles. The van der Waals surface area contributed by atoms with Crippen LogP contribution in [0.4, 0.5) is 0 Å². The predicted octanol–water partition coefficient (Wildman–Crippen LogP) is 2.79. The lowest BCUT2D eigenvalue weighted by molar-refractivity contribution is 0.283. The fourth-order valence-electron chi connectivity index (χ4n) is 3.21. The fraction of sp³-hybridized carbons (Fsp3) is 0.294. The summed E-state index contributed by atoms with van der Waals surface area (Å²) in [5.41, 5.74) is 3.36. The molecule has 3 aromatic rings. The van der Waals surface area contributed by atoms with E-state index in [-0.39, 0.29) is 6.61 Å². The fourth-order valence-corrected chi connectivity index (χ4v) is 3.21. The Bertz CT molecular complexity index is 807. The number of imidazole rings is 1. The van der Waals surface area contributed by atoms with Crippen LogP contribution in [0.25, 0.3) is 16.6 Å². The highest BCUT2D eigenvalue weighted by Crippen LogP contribution is 2.28. The first-order valence-corrected chi connectivity index (χ1v) is 7.41. The second kappa shape index (κ2) is 4.97. The van der Waals surface area contributed by atoms with Crippen LogP contribution in [-0.2, 0) is 19.4 Å². The van der Waals surface area contributed by atoms with Gasteiger partial charge in [0.1, 0.15) is 12.1 Å². The molecule has 21 heavy (non-hydrogen) atoms. The summed E-state index contributed by atoms with van der Waals surface area (Å²) in [6, 6.07) is 8.11. The van der Waals surface area contributed by atoms with Gasteiger partial charge < -0.3 is 5.11 Å². The van der Waals surface area contributed by atoms with Crippen molar-refractivity contribution in [2.75, 3.05) is 0 Å². The summed E-state index contributed by atoms with van der Waals surface area (Å²) in [6.45, 7) is 0.00975. The highest BCUT2D eigenvalue weighted by Gasteiger charge is 2.18. The van der Waals surface area contributed by atoms with Crippen molar-refractivity contribution in [2.24, 2.45) is 0 Å². The quantitative estimate of drug-likeness (QED) is 0.784. The van der Waals surface area contributed by atoms with E-state index >= 15 is 0 Å². The molecule has 0 spiro atoms. The average molecular weight is 279 g/mol. The van der Waals surface area contributed by atoms with Crippen LogP contribution in [0.1, 0.15) is 29.8 Å². The van der Waals surface area contributed by atoms with Gasteiger partial charge in [0.15, 0.2) is 0 Å². The molecule has 4 nitrogen and oxygen atoms in total. The average Bonchev–Trinajstić information content (AvgIpc) is 2.98. The van der Waals surface area contributed by atoms with E-state index in [4.69, 9.17) is 0 Å². The summed E-state index contributed by atoms with van der Waals surface area (Å²) in [5, 5.41) is 11.6. The molecule has 2 aromatic heterocycles. The molecule has 2 heterocycles. The number of rotatable bonds is 2. The van der Waals surface area contributed by atoms with E-state index in [1.54, 1.807) is 6.20 Å². The molecule has 0 atom stereocenters. The van der Waals surface area contributed by atoms with Crippen LogP contribution in [0.5, 0.6) is 0 Å². The number of hydrogen-bond acceptors (Lipinski definition) is 3. The van der Waals surface area contributed by atoms with Gasteiger partial charge in [-0.15, -0.1) is 0 Å². The van der Waals surface area contributed by atoms with Gasteiger partial charge in [0.2, 0.25) is 0 Å².